The van der Waals surface area contributed by atoms with Crippen molar-refractivity contribution in [2.75, 3.05) is 29.6 Å². The van der Waals surface area contributed by atoms with Crippen LogP contribution >= 0.6 is 0 Å². The van der Waals surface area contributed by atoms with Gasteiger partial charge in [-0.3, -0.25) is 23.9 Å². The van der Waals surface area contributed by atoms with Crippen LogP contribution in [0.3, 0.4) is 0 Å². The Balaban J connectivity index is 1.74. The molecule has 10 nitrogen and oxygen atoms in total. The average molecular weight is 415 g/mol. The van der Waals surface area contributed by atoms with E-state index < -0.39 is 17.2 Å². The van der Waals surface area contributed by atoms with Gasteiger partial charge in [-0.15, -0.1) is 0 Å². The molecule has 160 valence electrons. The Hall–Kier alpha value is -3.56. The number of amides is 2. The highest BCUT2D eigenvalue weighted by Crippen LogP contribution is 2.27. The van der Waals surface area contributed by atoms with Crippen LogP contribution in [0.15, 0.2) is 27.8 Å². The summed E-state index contributed by atoms with van der Waals surface area (Å²) in [6.07, 6.45) is 2.54. The van der Waals surface area contributed by atoms with Crippen LogP contribution in [0.2, 0.25) is 0 Å². The Morgan fingerprint density at radius 3 is 2.77 bits per heavy atom. The third-order valence-electron chi connectivity index (χ3n) is 4.99. The van der Waals surface area contributed by atoms with E-state index in [1.807, 2.05) is 6.92 Å². The SMILES string of the molecule is CCCCn1c(N)c(N(C)C(=O)COc2ccc3c(c2)CCC(=O)N3)c(=O)[nH]c1=O. The Kier molecular flexibility index (Phi) is 6.24. The highest BCUT2D eigenvalue weighted by atomic mass is 16.5. The van der Waals surface area contributed by atoms with E-state index in [0.29, 0.717) is 31.6 Å². The number of hydrogen-bond donors (Lipinski definition) is 3. The summed E-state index contributed by atoms with van der Waals surface area (Å²) in [6.45, 7) is 1.99. The summed E-state index contributed by atoms with van der Waals surface area (Å²) in [5, 5.41) is 2.78. The summed E-state index contributed by atoms with van der Waals surface area (Å²) in [5.74, 6) is -0.117. The Morgan fingerprint density at radius 1 is 1.27 bits per heavy atom. The Labute approximate surface area is 172 Å². The summed E-state index contributed by atoms with van der Waals surface area (Å²) in [7, 11) is 1.41. The fourth-order valence-electron chi connectivity index (χ4n) is 3.26. The highest BCUT2D eigenvalue weighted by Gasteiger charge is 2.21. The molecule has 1 aromatic carbocycles. The number of ether oxygens (including phenoxy) is 1. The van der Waals surface area contributed by atoms with Crippen molar-refractivity contribution < 1.29 is 14.3 Å². The summed E-state index contributed by atoms with van der Waals surface area (Å²) < 4.78 is 6.83. The number of aryl methyl sites for hydroxylation is 1. The molecule has 10 heteroatoms. The largest absolute Gasteiger partial charge is 0.484 e. The first-order chi connectivity index (χ1) is 14.3. The van der Waals surface area contributed by atoms with Crippen molar-refractivity contribution in [3.63, 3.8) is 0 Å². The molecule has 0 bridgehead atoms. The molecule has 0 atom stereocenters. The number of benzene rings is 1. The molecule has 0 saturated carbocycles. The number of nitrogen functional groups attached to an aromatic ring is 1. The van der Waals surface area contributed by atoms with Crippen molar-refractivity contribution in [2.24, 2.45) is 0 Å². The number of H-pyrrole nitrogens is 1. The fraction of sp³-hybridized carbons (Fsp3) is 0.400. The first-order valence-electron chi connectivity index (χ1n) is 9.76. The summed E-state index contributed by atoms with van der Waals surface area (Å²) in [5.41, 5.74) is 6.27. The standard InChI is InChI=1S/C20H25N5O5/c1-3-4-9-25-18(21)17(19(28)23-20(25)29)24(2)16(27)11-30-13-6-7-14-12(10-13)5-8-15(26)22-14/h6-7,10H,3-5,8-9,11,21H2,1-2H3,(H,22,26)(H,23,28,29). The minimum Gasteiger partial charge on any atom is -0.484 e. The summed E-state index contributed by atoms with van der Waals surface area (Å²) >= 11 is 0. The number of likely N-dealkylation sites (N-methyl/N-ethyl adjacent to an activating group) is 1. The van der Waals surface area contributed by atoms with Crippen LogP contribution in [0, 0.1) is 0 Å². The van der Waals surface area contributed by atoms with Crippen LogP contribution in [0.1, 0.15) is 31.7 Å². The zero-order valence-corrected chi connectivity index (χ0v) is 17.0. The number of nitrogens with zero attached hydrogens (tertiary/aromatic N) is 2. The first kappa shape index (κ1) is 21.2. The van der Waals surface area contributed by atoms with Gasteiger partial charge in [0.05, 0.1) is 0 Å². The maximum Gasteiger partial charge on any atom is 0.330 e. The van der Waals surface area contributed by atoms with Gasteiger partial charge in [-0.2, -0.15) is 0 Å². The smallest absolute Gasteiger partial charge is 0.330 e. The molecule has 1 aromatic heterocycles. The number of aromatic nitrogens is 2. The molecule has 2 aromatic rings. The predicted molar refractivity (Wildman–Crippen MR) is 113 cm³/mol. The van der Waals surface area contributed by atoms with Gasteiger partial charge in [-0.05, 0) is 36.6 Å². The second-order valence-electron chi connectivity index (χ2n) is 7.11. The van der Waals surface area contributed by atoms with Crippen molar-refractivity contribution in [1.29, 1.82) is 0 Å². The molecule has 0 unspecified atom stereocenters. The van der Waals surface area contributed by atoms with Crippen LogP contribution in [0.25, 0.3) is 0 Å². The zero-order chi connectivity index (χ0) is 21.8. The van der Waals surface area contributed by atoms with Crippen LogP contribution < -0.4 is 31.9 Å². The molecular weight excluding hydrogens is 390 g/mol. The van der Waals surface area contributed by atoms with Crippen molar-refractivity contribution in [1.82, 2.24) is 9.55 Å². The lowest BCUT2D eigenvalue weighted by Gasteiger charge is -2.21. The maximum absolute atomic E-state index is 12.6. The van der Waals surface area contributed by atoms with E-state index in [9.17, 15) is 19.2 Å². The number of rotatable bonds is 7. The third kappa shape index (κ3) is 4.37. The quantitative estimate of drug-likeness (QED) is 0.612. The van der Waals surface area contributed by atoms with Gasteiger partial charge in [-0.1, -0.05) is 13.3 Å². The third-order valence-corrected chi connectivity index (χ3v) is 4.99. The molecule has 0 spiro atoms. The molecule has 1 aliphatic heterocycles. The lowest BCUT2D eigenvalue weighted by atomic mass is 10.0. The predicted octanol–water partition coefficient (Wildman–Crippen LogP) is 0.845. The maximum atomic E-state index is 12.6. The molecule has 0 radical (unpaired) electrons. The van der Waals surface area contributed by atoms with Crippen molar-refractivity contribution in [3.05, 3.63) is 44.6 Å². The molecule has 1 aliphatic rings. The van der Waals surface area contributed by atoms with E-state index in [2.05, 4.69) is 10.3 Å². The van der Waals surface area contributed by atoms with Gasteiger partial charge in [0.15, 0.2) is 12.3 Å². The topological polar surface area (TPSA) is 140 Å². The Bertz CT molecular complexity index is 1090. The number of nitrogens with two attached hydrogens (primary N) is 1. The monoisotopic (exact) mass is 415 g/mol. The number of anilines is 3. The fourth-order valence-corrected chi connectivity index (χ4v) is 3.26. The van der Waals surface area contributed by atoms with Gasteiger partial charge >= 0.3 is 5.69 Å². The summed E-state index contributed by atoms with van der Waals surface area (Å²) in [4.78, 5) is 51.7. The van der Waals surface area contributed by atoms with Crippen molar-refractivity contribution in [3.8, 4) is 5.75 Å². The number of nitrogens with one attached hydrogen (secondary N) is 2. The molecule has 3 rings (SSSR count). The van der Waals surface area contributed by atoms with Crippen molar-refractivity contribution >= 4 is 29.0 Å². The van der Waals surface area contributed by atoms with Gasteiger partial charge in [0.25, 0.3) is 11.5 Å². The minimum absolute atomic E-state index is 0.0314. The van der Waals surface area contributed by atoms with Gasteiger partial charge in [0.1, 0.15) is 11.6 Å². The van der Waals surface area contributed by atoms with E-state index in [1.165, 1.54) is 11.6 Å². The lowest BCUT2D eigenvalue weighted by Crippen LogP contribution is -2.40. The lowest BCUT2D eigenvalue weighted by molar-refractivity contribution is -0.120. The van der Waals surface area contributed by atoms with Gasteiger partial charge in [-0.25, -0.2) is 4.79 Å². The number of hydrogen-bond acceptors (Lipinski definition) is 6. The molecule has 30 heavy (non-hydrogen) atoms. The molecule has 4 N–H and O–H groups in total. The van der Waals surface area contributed by atoms with Crippen LogP contribution in [-0.2, 0) is 22.6 Å². The van der Waals surface area contributed by atoms with E-state index in [-0.39, 0.29) is 24.0 Å². The second kappa shape index (κ2) is 8.85. The molecule has 2 heterocycles. The molecular formula is C20H25N5O5. The van der Waals surface area contributed by atoms with Gasteiger partial charge < -0.3 is 20.7 Å². The van der Waals surface area contributed by atoms with Crippen molar-refractivity contribution in [2.45, 2.75) is 39.2 Å². The van der Waals surface area contributed by atoms with Gasteiger partial charge in [0.2, 0.25) is 5.91 Å². The summed E-state index contributed by atoms with van der Waals surface area (Å²) in [6, 6.07) is 5.15. The van der Waals surface area contributed by atoms with E-state index in [4.69, 9.17) is 10.5 Å². The number of carbonyl (C=O) groups is 2. The number of fused-ring (bicyclic) bond motifs is 1. The average Bonchev–Trinajstić information content (AvgIpc) is 2.71. The number of carbonyl (C=O) groups excluding carboxylic acids is 2. The van der Waals surface area contributed by atoms with E-state index >= 15 is 0 Å². The molecule has 0 fully saturated rings. The second-order valence-corrected chi connectivity index (χ2v) is 7.11. The minimum atomic E-state index is -0.731. The highest BCUT2D eigenvalue weighted by molar-refractivity contribution is 5.96. The van der Waals surface area contributed by atoms with Crippen LogP contribution in [-0.4, -0.2) is 35.0 Å². The molecule has 0 aliphatic carbocycles. The number of unbranched alkanes of at least 4 members (excludes halogenated alkanes) is 1. The van der Waals surface area contributed by atoms with E-state index in [1.54, 1.807) is 18.2 Å². The van der Waals surface area contributed by atoms with E-state index in [0.717, 1.165) is 22.6 Å². The Morgan fingerprint density at radius 2 is 2.03 bits per heavy atom. The first-order valence-corrected chi connectivity index (χ1v) is 9.76. The van der Waals surface area contributed by atoms with Crippen LogP contribution in [0.5, 0.6) is 5.75 Å². The number of aromatic amines is 1. The van der Waals surface area contributed by atoms with Crippen LogP contribution in [0.4, 0.5) is 17.2 Å². The molecule has 2 amide bonds. The molecule has 0 saturated heterocycles. The normalized spacial score (nSPS) is 12.8. The zero-order valence-electron chi connectivity index (χ0n) is 17.0. The van der Waals surface area contributed by atoms with Gasteiger partial charge in [0, 0.05) is 25.7 Å².